The van der Waals surface area contributed by atoms with Crippen LogP contribution in [0.1, 0.15) is 39.5 Å². The maximum absolute atomic E-state index is 12.8. The van der Waals surface area contributed by atoms with Gasteiger partial charge in [-0.25, -0.2) is 13.4 Å². The Morgan fingerprint density at radius 1 is 1.13 bits per heavy atom. The molecule has 0 atom stereocenters. The largest absolute Gasteiger partial charge is 0.486 e. The Kier molecular flexibility index (Phi) is 6.35. The Bertz CT molecular complexity index is 1170. The molecule has 9 heteroatoms. The number of rotatable bonds is 8. The number of carbonyl (C=O) groups is 1. The first-order valence-electron chi connectivity index (χ1n) is 9.97. The fourth-order valence-corrected chi connectivity index (χ4v) is 5.84. The van der Waals surface area contributed by atoms with Crippen molar-refractivity contribution in [3.8, 4) is 5.75 Å². The number of nitrogens with two attached hydrogens (primary N) is 1. The van der Waals surface area contributed by atoms with Crippen LogP contribution in [0.25, 0.3) is 0 Å². The van der Waals surface area contributed by atoms with Crippen LogP contribution < -0.4 is 10.5 Å². The second-order valence-corrected chi connectivity index (χ2v) is 10.2. The van der Waals surface area contributed by atoms with Crippen LogP contribution in [-0.2, 0) is 23.1 Å². The number of sulfonamides is 1. The number of thiazole rings is 1. The van der Waals surface area contributed by atoms with Gasteiger partial charge in [0.15, 0.2) is 0 Å². The number of amides is 1. The number of hydrogen-bond acceptors (Lipinski definition) is 6. The van der Waals surface area contributed by atoms with Gasteiger partial charge in [0.25, 0.3) is 5.91 Å². The molecule has 4 rings (SSSR count). The predicted octanol–water partition coefficient (Wildman–Crippen LogP) is 3.20. The monoisotopic (exact) mass is 457 g/mol. The number of benzene rings is 2. The molecule has 1 aromatic heterocycles. The van der Waals surface area contributed by atoms with Gasteiger partial charge in [-0.3, -0.25) is 4.79 Å². The molecular formula is C22H23N3O4S2. The highest BCUT2D eigenvalue weighted by Gasteiger charge is 2.28. The summed E-state index contributed by atoms with van der Waals surface area (Å²) in [6.45, 7) is 1.13. The zero-order valence-corrected chi connectivity index (χ0v) is 18.5. The lowest BCUT2D eigenvalue weighted by Gasteiger charge is -2.17. The minimum atomic E-state index is -3.65. The average Bonchev–Trinajstić information content (AvgIpc) is 3.45. The predicted molar refractivity (Wildman–Crippen MR) is 119 cm³/mol. The van der Waals surface area contributed by atoms with Crippen molar-refractivity contribution in [1.82, 2.24) is 9.29 Å². The van der Waals surface area contributed by atoms with E-state index >= 15 is 0 Å². The summed E-state index contributed by atoms with van der Waals surface area (Å²) >= 11 is 1.54. The van der Waals surface area contributed by atoms with E-state index in [1.807, 2.05) is 23.6 Å². The van der Waals surface area contributed by atoms with E-state index < -0.39 is 15.9 Å². The summed E-state index contributed by atoms with van der Waals surface area (Å²) in [6, 6.07) is 14.3. The van der Waals surface area contributed by atoms with Crippen molar-refractivity contribution in [2.45, 2.75) is 30.8 Å². The van der Waals surface area contributed by atoms with E-state index in [4.69, 9.17) is 10.5 Å². The first-order valence-corrected chi connectivity index (χ1v) is 12.3. The summed E-state index contributed by atoms with van der Waals surface area (Å²) in [6.07, 6.45) is 2.41. The lowest BCUT2D eigenvalue weighted by atomic mass is 10.2. The smallest absolute Gasteiger partial charge is 0.252 e. The third kappa shape index (κ3) is 4.95. The van der Waals surface area contributed by atoms with Crippen LogP contribution in [0.3, 0.4) is 0 Å². The molecule has 0 radical (unpaired) electrons. The molecule has 7 nitrogen and oxygen atoms in total. The van der Waals surface area contributed by atoms with Crippen LogP contribution in [0.4, 0.5) is 0 Å². The molecule has 1 amide bonds. The van der Waals surface area contributed by atoms with Gasteiger partial charge >= 0.3 is 0 Å². The second kappa shape index (κ2) is 9.17. The molecular weight excluding hydrogens is 434 g/mol. The second-order valence-electron chi connectivity index (χ2n) is 7.32. The van der Waals surface area contributed by atoms with E-state index in [2.05, 4.69) is 17.1 Å². The lowest BCUT2D eigenvalue weighted by molar-refractivity contribution is 0.0995. The van der Waals surface area contributed by atoms with Crippen LogP contribution in [-0.4, -0.2) is 36.7 Å². The van der Waals surface area contributed by atoms with Gasteiger partial charge in [0.05, 0.1) is 21.2 Å². The van der Waals surface area contributed by atoms with Crippen LogP contribution in [0.15, 0.2) is 58.8 Å². The molecule has 0 unspecified atom stereocenters. The molecule has 0 saturated carbocycles. The Balaban J connectivity index is 1.48. The molecule has 2 heterocycles. The average molecular weight is 458 g/mol. The number of ether oxygens (including phenoxy) is 1. The van der Waals surface area contributed by atoms with Crippen LogP contribution in [0.5, 0.6) is 5.75 Å². The first-order chi connectivity index (χ1) is 14.9. The van der Waals surface area contributed by atoms with E-state index in [-0.39, 0.29) is 22.8 Å². The molecule has 1 saturated heterocycles. The zero-order valence-electron chi connectivity index (χ0n) is 16.9. The molecule has 31 heavy (non-hydrogen) atoms. The highest BCUT2D eigenvalue weighted by molar-refractivity contribution is 7.89. The van der Waals surface area contributed by atoms with Gasteiger partial charge in [0.2, 0.25) is 10.0 Å². The minimum absolute atomic E-state index is 0.0417. The summed E-state index contributed by atoms with van der Waals surface area (Å²) in [7, 11) is -3.65. The molecule has 0 aliphatic carbocycles. The maximum atomic E-state index is 12.8. The van der Waals surface area contributed by atoms with E-state index in [1.165, 1.54) is 28.1 Å². The topological polar surface area (TPSA) is 103 Å². The number of carbonyl (C=O) groups excluding carboxylic acids is 1. The SMILES string of the molecule is NC(=O)c1cc(S(=O)(=O)N2CCCC2)ccc1OCc1csc(Cc2ccccc2)n1. The number of primary amides is 1. The third-order valence-corrected chi connectivity index (χ3v) is 7.88. The highest BCUT2D eigenvalue weighted by Crippen LogP contribution is 2.27. The van der Waals surface area contributed by atoms with Gasteiger partial charge in [0.1, 0.15) is 12.4 Å². The zero-order chi connectivity index (χ0) is 21.8. The first kappa shape index (κ1) is 21.5. The standard InChI is InChI=1S/C22H23N3O4S2/c23-22(26)19-13-18(31(27,28)25-10-4-5-11-25)8-9-20(19)29-14-17-15-30-21(24-17)12-16-6-2-1-3-7-16/h1-3,6-9,13,15H,4-5,10-12,14H2,(H2,23,26). The normalized spacial score (nSPS) is 14.6. The summed E-state index contributed by atoms with van der Waals surface area (Å²) in [5.74, 6) is -0.498. The van der Waals surface area contributed by atoms with E-state index in [1.54, 1.807) is 11.3 Å². The fraction of sp³-hybridized carbons (Fsp3) is 0.273. The van der Waals surface area contributed by atoms with Crippen molar-refractivity contribution in [1.29, 1.82) is 0 Å². The Morgan fingerprint density at radius 3 is 2.58 bits per heavy atom. The van der Waals surface area contributed by atoms with Crippen molar-refractivity contribution in [2.24, 2.45) is 5.73 Å². The summed E-state index contributed by atoms with van der Waals surface area (Å²) in [5.41, 5.74) is 7.45. The van der Waals surface area contributed by atoms with Crippen molar-refractivity contribution in [3.63, 3.8) is 0 Å². The number of hydrogen-bond donors (Lipinski definition) is 1. The molecule has 0 spiro atoms. The lowest BCUT2D eigenvalue weighted by Crippen LogP contribution is -2.28. The van der Waals surface area contributed by atoms with Crippen molar-refractivity contribution in [2.75, 3.05) is 13.1 Å². The summed E-state index contributed by atoms with van der Waals surface area (Å²) in [5, 5.41) is 2.88. The van der Waals surface area contributed by atoms with Crippen molar-refractivity contribution >= 4 is 27.3 Å². The van der Waals surface area contributed by atoms with Crippen LogP contribution in [0.2, 0.25) is 0 Å². The molecule has 1 aliphatic heterocycles. The highest BCUT2D eigenvalue weighted by atomic mass is 32.2. The fourth-order valence-electron chi connectivity index (χ4n) is 3.48. The van der Waals surface area contributed by atoms with Gasteiger partial charge < -0.3 is 10.5 Å². The van der Waals surface area contributed by atoms with Gasteiger partial charge in [0, 0.05) is 24.9 Å². The summed E-state index contributed by atoms with van der Waals surface area (Å²) < 4.78 is 32.8. The molecule has 1 fully saturated rings. The van der Waals surface area contributed by atoms with Gasteiger partial charge in [-0.05, 0) is 36.6 Å². The van der Waals surface area contributed by atoms with Gasteiger partial charge in [-0.1, -0.05) is 30.3 Å². The molecule has 162 valence electrons. The van der Waals surface area contributed by atoms with Crippen molar-refractivity contribution < 1.29 is 17.9 Å². The van der Waals surface area contributed by atoms with Crippen molar-refractivity contribution in [3.05, 3.63) is 75.7 Å². The minimum Gasteiger partial charge on any atom is -0.486 e. The van der Waals surface area contributed by atoms with Crippen LogP contribution in [0, 0.1) is 0 Å². The molecule has 3 aromatic rings. The van der Waals surface area contributed by atoms with Gasteiger partial charge in [-0.2, -0.15) is 4.31 Å². The van der Waals surface area contributed by atoms with E-state index in [0.29, 0.717) is 13.1 Å². The Labute approximate surface area is 185 Å². The molecule has 0 bridgehead atoms. The molecule has 1 aliphatic rings. The van der Waals surface area contributed by atoms with E-state index in [9.17, 15) is 13.2 Å². The maximum Gasteiger partial charge on any atom is 0.252 e. The number of aromatic nitrogens is 1. The van der Waals surface area contributed by atoms with E-state index in [0.717, 1.165) is 30.0 Å². The van der Waals surface area contributed by atoms with Gasteiger partial charge in [-0.15, -0.1) is 11.3 Å². The Morgan fingerprint density at radius 2 is 1.87 bits per heavy atom. The molecule has 2 N–H and O–H groups in total. The van der Waals surface area contributed by atoms with Crippen LogP contribution >= 0.6 is 11.3 Å². The summed E-state index contributed by atoms with van der Waals surface area (Å²) in [4.78, 5) is 16.6. The third-order valence-electron chi connectivity index (χ3n) is 5.09. The molecule has 2 aromatic carbocycles. The quantitative estimate of drug-likeness (QED) is 0.560. The Hall–Kier alpha value is -2.75. The number of nitrogens with zero attached hydrogens (tertiary/aromatic N) is 2.